The van der Waals surface area contributed by atoms with Crippen molar-refractivity contribution in [3.8, 4) is 5.75 Å². The number of aromatic amines is 1. The molecule has 1 aliphatic rings. The van der Waals surface area contributed by atoms with Gasteiger partial charge in [0.25, 0.3) is 5.91 Å². The summed E-state index contributed by atoms with van der Waals surface area (Å²) in [6.07, 6.45) is -0.676. The predicted octanol–water partition coefficient (Wildman–Crippen LogP) is 4.42. The Balaban J connectivity index is 1.37. The Labute approximate surface area is 177 Å². The summed E-state index contributed by atoms with van der Waals surface area (Å²) in [6.45, 7) is 0.838. The van der Waals surface area contributed by atoms with E-state index in [-0.39, 0.29) is 24.3 Å². The van der Waals surface area contributed by atoms with Gasteiger partial charge in [-0.1, -0.05) is 12.1 Å². The van der Waals surface area contributed by atoms with Gasteiger partial charge in [0.2, 0.25) is 0 Å². The van der Waals surface area contributed by atoms with Crippen LogP contribution in [-0.4, -0.2) is 39.1 Å². The third-order valence-corrected chi connectivity index (χ3v) is 5.19. The molecule has 0 bridgehead atoms. The van der Waals surface area contributed by atoms with Gasteiger partial charge in [-0.05, 0) is 49.2 Å². The van der Waals surface area contributed by atoms with Gasteiger partial charge in [-0.25, -0.2) is 0 Å². The number of pyridine rings is 1. The van der Waals surface area contributed by atoms with Crippen LogP contribution in [-0.2, 0) is 12.6 Å². The highest BCUT2D eigenvalue weighted by molar-refractivity contribution is 5.92. The van der Waals surface area contributed by atoms with Gasteiger partial charge in [0.15, 0.2) is 0 Å². The molecule has 3 aromatic rings. The van der Waals surface area contributed by atoms with Gasteiger partial charge in [0, 0.05) is 24.9 Å². The van der Waals surface area contributed by atoms with Crippen LogP contribution in [0.5, 0.6) is 5.75 Å². The topological polar surface area (TPSA) is 71.1 Å². The number of carbonyl (C=O) groups excluding carboxylic acids is 1. The molecule has 1 amide bonds. The standard InChI is InChI=1S/C22H21F3N4O2/c23-22(24,25)15-5-3-6-17(13-15)31-12-9-16-14-19(28-27-16)20-8-4-11-29(20)21(30)18-7-1-2-10-26-18/h1-3,5-7,10,13-14,20H,4,8-9,11-12H2,(H,27,28)/t20-/m1/s1. The summed E-state index contributed by atoms with van der Waals surface area (Å²) in [5.74, 6) is 0.0398. The lowest BCUT2D eigenvalue weighted by Crippen LogP contribution is -2.31. The van der Waals surface area contributed by atoms with Crippen molar-refractivity contribution in [3.63, 3.8) is 0 Å². The summed E-state index contributed by atoms with van der Waals surface area (Å²) in [7, 11) is 0. The van der Waals surface area contributed by atoms with Crippen molar-refractivity contribution >= 4 is 5.91 Å². The summed E-state index contributed by atoms with van der Waals surface area (Å²) in [4.78, 5) is 18.7. The minimum atomic E-state index is -4.41. The van der Waals surface area contributed by atoms with Crippen LogP contribution in [0, 0.1) is 0 Å². The van der Waals surface area contributed by atoms with Crippen molar-refractivity contribution < 1.29 is 22.7 Å². The van der Waals surface area contributed by atoms with Crippen LogP contribution in [0.1, 0.15) is 46.3 Å². The van der Waals surface area contributed by atoms with E-state index in [0.29, 0.717) is 18.7 Å². The predicted molar refractivity (Wildman–Crippen MR) is 106 cm³/mol. The zero-order valence-electron chi connectivity index (χ0n) is 16.6. The Morgan fingerprint density at radius 3 is 2.84 bits per heavy atom. The smallest absolute Gasteiger partial charge is 0.416 e. The molecule has 3 heterocycles. The summed E-state index contributed by atoms with van der Waals surface area (Å²) < 4.78 is 43.9. The van der Waals surface area contributed by atoms with Crippen LogP contribution in [0.2, 0.25) is 0 Å². The Morgan fingerprint density at radius 2 is 2.06 bits per heavy atom. The molecule has 1 saturated heterocycles. The fourth-order valence-electron chi connectivity index (χ4n) is 3.67. The number of hydrogen-bond donors (Lipinski definition) is 1. The molecule has 1 aromatic carbocycles. The maximum absolute atomic E-state index is 12.8. The average Bonchev–Trinajstić information content (AvgIpc) is 3.43. The second-order valence-electron chi connectivity index (χ2n) is 7.31. The monoisotopic (exact) mass is 430 g/mol. The van der Waals surface area contributed by atoms with Crippen LogP contribution in [0.4, 0.5) is 13.2 Å². The molecule has 1 aliphatic heterocycles. The molecule has 0 spiro atoms. The van der Waals surface area contributed by atoms with Crippen LogP contribution < -0.4 is 4.74 Å². The molecule has 4 rings (SSSR count). The number of rotatable bonds is 6. The Hall–Kier alpha value is -3.36. The summed E-state index contributed by atoms with van der Waals surface area (Å²) in [5.41, 5.74) is 1.21. The van der Waals surface area contributed by atoms with Crippen molar-refractivity contribution in [2.45, 2.75) is 31.5 Å². The highest BCUT2D eigenvalue weighted by Gasteiger charge is 2.33. The van der Waals surface area contributed by atoms with E-state index in [1.54, 1.807) is 29.3 Å². The maximum atomic E-state index is 12.8. The molecular weight excluding hydrogens is 409 g/mol. The van der Waals surface area contributed by atoms with Crippen LogP contribution in [0.15, 0.2) is 54.7 Å². The van der Waals surface area contributed by atoms with E-state index in [1.165, 1.54) is 12.1 Å². The molecule has 9 heteroatoms. The van der Waals surface area contributed by atoms with E-state index >= 15 is 0 Å². The fourth-order valence-corrected chi connectivity index (χ4v) is 3.67. The van der Waals surface area contributed by atoms with E-state index < -0.39 is 11.7 Å². The molecule has 162 valence electrons. The molecule has 6 nitrogen and oxygen atoms in total. The Bertz CT molecular complexity index is 1040. The number of alkyl halides is 3. The number of halogens is 3. The second-order valence-corrected chi connectivity index (χ2v) is 7.31. The van der Waals surface area contributed by atoms with Gasteiger partial charge >= 0.3 is 6.18 Å². The summed E-state index contributed by atoms with van der Waals surface area (Å²) >= 11 is 0. The van der Waals surface area contributed by atoms with Gasteiger partial charge in [0.1, 0.15) is 11.4 Å². The zero-order valence-corrected chi connectivity index (χ0v) is 16.6. The van der Waals surface area contributed by atoms with Crippen molar-refractivity contribution in [1.82, 2.24) is 20.1 Å². The van der Waals surface area contributed by atoms with Crippen molar-refractivity contribution in [2.24, 2.45) is 0 Å². The summed E-state index contributed by atoms with van der Waals surface area (Å²) in [5, 5.41) is 7.29. The van der Waals surface area contributed by atoms with E-state index in [4.69, 9.17) is 4.74 Å². The van der Waals surface area contributed by atoms with Gasteiger partial charge < -0.3 is 9.64 Å². The zero-order chi connectivity index (χ0) is 21.8. The molecule has 0 radical (unpaired) electrons. The number of benzene rings is 1. The fraction of sp³-hybridized carbons (Fsp3) is 0.318. The number of likely N-dealkylation sites (tertiary alicyclic amines) is 1. The lowest BCUT2D eigenvalue weighted by Gasteiger charge is -2.22. The SMILES string of the molecule is O=C(c1ccccn1)N1CCC[C@@H]1c1cc(CCOc2cccc(C(F)(F)F)c2)[nH]n1. The van der Waals surface area contributed by atoms with Gasteiger partial charge in [-0.15, -0.1) is 0 Å². The third-order valence-electron chi connectivity index (χ3n) is 5.19. The van der Waals surface area contributed by atoms with Crippen LogP contribution >= 0.6 is 0 Å². The minimum Gasteiger partial charge on any atom is -0.493 e. The van der Waals surface area contributed by atoms with Gasteiger partial charge in [0.05, 0.1) is 23.9 Å². The van der Waals surface area contributed by atoms with E-state index in [1.807, 2.05) is 6.07 Å². The molecule has 31 heavy (non-hydrogen) atoms. The van der Waals surface area contributed by atoms with Gasteiger partial charge in [-0.3, -0.25) is 14.9 Å². The van der Waals surface area contributed by atoms with Gasteiger partial charge in [-0.2, -0.15) is 18.3 Å². The third kappa shape index (κ3) is 4.87. The molecule has 1 N–H and O–H groups in total. The summed E-state index contributed by atoms with van der Waals surface area (Å²) in [6, 6.07) is 11.8. The Kier molecular flexibility index (Phi) is 5.92. The number of aromatic nitrogens is 3. The molecule has 0 unspecified atom stereocenters. The molecular formula is C22H21F3N4O2. The number of nitrogens with zero attached hydrogens (tertiary/aromatic N) is 3. The number of amides is 1. The van der Waals surface area contributed by atoms with Crippen molar-refractivity contribution in [3.05, 3.63) is 77.4 Å². The first-order valence-electron chi connectivity index (χ1n) is 9.98. The first-order valence-corrected chi connectivity index (χ1v) is 9.98. The largest absolute Gasteiger partial charge is 0.493 e. The maximum Gasteiger partial charge on any atom is 0.416 e. The quantitative estimate of drug-likeness (QED) is 0.628. The average molecular weight is 430 g/mol. The lowest BCUT2D eigenvalue weighted by atomic mass is 10.1. The number of H-pyrrole nitrogens is 1. The molecule has 1 fully saturated rings. The minimum absolute atomic E-state index is 0.125. The van der Waals surface area contributed by atoms with Crippen molar-refractivity contribution in [2.75, 3.05) is 13.2 Å². The van der Waals surface area contributed by atoms with Crippen LogP contribution in [0.3, 0.4) is 0 Å². The van der Waals surface area contributed by atoms with E-state index in [2.05, 4.69) is 15.2 Å². The van der Waals surface area contributed by atoms with Crippen LogP contribution in [0.25, 0.3) is 0 Å². The molecule has 1 atom stereocenters. The highest BCUT2D eigenvalue weighted by atomic mass is 19.4. The van der Waals surface area contributed by atoms with Crippen molar-refractivity contribution in [1.29, 1.82) is 0 Å². The lowest BCUT2D eigenvalue weighted by molar-refractivity contribution is -0.137. The Morgan fingerprint density at radius 1 is 1.19 bits per heavy atom. The van der Waals surface area contributed by atoms with E-state index in [9.17, 15) is 18.0 Å². The second kappa shape index (κ2) is 8.79. The number of carbonyl (C=O) groups is 1. The first-order chi connectivity index (χ1) is 14.9. The number of ether oxygens (including phenoxy) is 1. The normalized spacial score (nSPS) is 16.5. The highest BCUT2D eigenvalue weighted by Crippen LogP contribution is 2.33. The van der Waals surface area contributed by atoms with E-state index in [0.717, 1.165) is 36.4 Å². The molecule has 0 aliphatic carbocycles. The molecule has 0 saturated carbocycles. The molecule has 2 aromatic heterocycles. The number of hydrogen-bond acceptors (Lipinski definition) is 4. The number of nitrogens with one attached hydrogen (secondary N) is 1. The first kappa shape index (κ1) is 20.9.